The molecule has 1 aliphatic carbocycles. The van der Waals surface area contributed by atoms with Gasteiger partial charge in [0.15, 0.2) is 0 Å². The average molecular weight is 211 g/mol. The van der Waals surface area contributed by atoms with Crippen molar-refractivity contribution in [2.24, 2.45) is 5.92 Å². The maximum Gasteiger partial charge on any atom is 0.265 e. The Balaban J connectivity index is 1.94. The molecule has 1 atom stereocenters. The lowest BCUT2D eigenvalue weighted by molar-refractivity contribution is 0.140. The molecule has 1 aromatic rings. The third-order valence-electron chi connectivity index (χ3n) is 2.82. The van der Waals surface area contributed by atoms with Crippen LogP contribution in [-0.2, 0) is 6.42 Å². The highest BCUT2D eigenvalue weighted by atomic mass is 16.5. The zero-order chi connectivity index (χ0) is 10.8. The highest BCUT2D eigenvalue weighted by Crippen LogP contribution is 2.33. The summed E-state index contributed by atoms with van der Waals surface area (Å²) in [4.78, 5) is 6.12. The van der Waals surface area contributed by atoms with Crippen LogP contribution in [0.5, 0.6) is 0 Å². The highest BCUT2D eigenvalue weighted by Gasteiger charge is 2.31. The lowest BCUT2D eigenvalue weighted by Gasteiger charge is -2.08. The Labute approximate surface area is 89.1 Å². The van der Waals surface area contributed by atoms with Gasteiger partial charge in [-0.15, -0.1) is 0 Å². The Morgan fingerprint density at radius 1 is 1.60 bits per heavy atom. The van der Waals surface area contributed by atoms with Crippen LogP contribution >= 0.6 is 0 Å². The van der Waals surface area contributed by atoms with E-state index < -0.39 is 0 Å². The Hall–Kier alpha value is -1.10. The van der Waals surface area contributed by atoms with Crippen molar-refractivity contribution in [2.75, 3.05) is 18.5 Å². The molecule has 1 heterocycles. The molecule has 1 unspecified atom stereocenters. The predicted molar refractivity (Wildman–Crippen MR) is 55.7 cm³/mol. The van der Waals surface area contributed by atoms with Gasteiger partial charge in [-0.1, -0.05) is 0 Å². The van der Waals surface area contributed by atoms with Crippen molar-refractivity contribution < 1.29 is 9.63 Å². The van der Waals surface area contributed by atoms with Crippen molar-refractivity contribution >= 4 is 5.95 Å². The fourth-order valence-corrected chi connectivity index (χ4v) is 1.45. The Kier molecular flexibility index (Phi) is 2.90. The van der Waals surface area contributed by atoms with Crippen LogP contribution in [0.2, 0.25) is 0 Å². The first-order chi connectivity index (χ1) is 7.20. The van der Waals surface area contributed by atoms with Gasteiger partial charge in [-0.2, -0.15) is 4.98 Å². The summed E-state index contributed by atoms with van der Waals surface area (Å²) >= 11 is 0. The van der Waals surface area contributed by atoms with E-state index in [4.69, 9.17) is 4.52 Å². The van der Waals surface area contributed by atoms with Crippen molar-refractivity contribution in [1.29, 1.82) is 0 Å². The maximum absolute atomic E-state index is 9.71. The quantitative estimate of drug-likeness (QED) is 0.782. The van der Waals surface area contributed by atoms with Crippen LogP contribution in [-0.4, -0.2) is 34.9 Å². The SMILES string of the molecule is CCN(C)c1noc(CC(O)C2CC2)n1. The topological polar surface area (TPSA) is 62.4 Å². The number of nitrogens with zero attached hydrogens (tertiary/aromatic N) is 3. The number of aromatic nitrogens is 2. The minimum absolute atomic E-state index is 0.315. The summed E-state index contributed by atoms with van der Waals surface area (Å²) < 4.78 is 5.07. The van der Waals surface area contributed by atoms with Crippen molar-refractivity contribution in [1.82, 2.24) is 10.1 Å². The van der Waals surface area contributed by atoms with Gasteiger partial charge in [-0.05, 0) is 30.8 Å². The molecule has 1 saturated carbocycles. The smallest absolute Gasteiger partial charge is 0.265 e. The zero-order valence-corrected chi connectivity index (χ0v) is 9.18. The van der Waals surface area contributed by atoms with Crippen LogP contribution in [0.1, 0.15) is 25.7 Å². The second-order valence-corrected chi connectivity index (χ2v) is 4.11. The molecular weight excluding hydrogens is 194 g/mol. The number of hydrogen-bond acceptors (Lipinski definition) is 5. The van der Waals surface area contributed by atoms with Crippen LogP contribution in [0.15, 0.2) is 4.52 Å². The molecule has 1 aliphatic rings. The third kappa shape index (κ3) is 2.47. The summed E-state index contributed by atoms with van der Waals surface area (Å²) in [7, 11) is 1.91. The van der Waals surface area contributed by atoms with E-state index in [1.165, 1.54) is 0 Å². The van der Waals surface area contributed by atoms with E-state index in [0.717, 1.165) is 19.4 Å². The molecule has 2 rings (SSSR count). The van der Waals surface area contributed by atoms with Gasteiger partial charge >= 0.3 is 0 Å². The minimum Gasteiger partial charge on any atom is -0.392 e. The molecule has 84 valence electrons. The molecule has 15 heavy (non-hydrogen) atoms. The molecule has 0 aliphatic heterocycles. The van der Waals surface area contributed by atoms with Crippen LogP contribution in [0.25, 0.3) is 0 Å². The molecule has 5 nitrogen and oxygen atoms in total. The molecule has 0 aromatic carbocycles. The molecule has 0 saturated heterocycles. The molecule has 1 aromatic heterocycles. The Morgan fingerprint density at radius 3 is 2.93 bits per heavy atom. The van der Waals surface area contributed by atoms with Gasteiger partial charge < -0.3 is 14.5 Å². The van der Waals surface area contributed by atoms with E-state index in [1.54, 1.807) is 0 Å². The molecule has 1 N–H and O–H groups in total. The van der Waals surface area contributed by atoms with E-state index in [1.807, 2.05) is 18.9 Å². The molecule has 1 fully saturated rings. The molecule has 0 radical (unpaired) electrons. The summed E-state index contributed by atoms with van der Waals surface area (Å²) in [5, 5.41) is 13.6. The molecule has 5 heteroatoms. The highest BCUT2D eigenvalue weighted by molar-refractivity contribution is 5.25. The fourth-order valence-electron chi connectivity index (χ4n) is 1.45. The lowest BCUT2D eigenvalue weighted by Crippen LogP contribution is -2.17. The summed E-state index contributed by atoms with van der Waals surface area (Å²) in [6, 6.07) is 0. The van der Waals surface area contributed by atoms with E-state index in [2.05, 4.69) is 10.1 Å². The number of rotatable bonds is 5. The van der Waals surface area contributed by atoms with Gasteiger partial charge in [0.2, 0.25) is 5.89 Å². The Bertz CT molecular complexity index is 322. The second-order valence-electron chi connectivity index (χ2n) is 4.11. The van der Waals surface area contributed by atoms with Crippen LogP contribution < -0.4 is 4.90 Å². The summed E-state index contributed by atoms with van der Waals surface area (Å²) in [6.07, 6.45) is 2.41. The standard InChI is InChI=1S/C10H17N3O2/c1-3-13(2)10-11-9(15-12-10)6-8(14)7-4-5-7/h7-8,14H,3-6H2,1-2H3. The van der Waals surface area contributed by atoms with Crippen molar-refractivity contribution in [3.63, 3.8) is 0 Å². The van der Waals surface area contributed by atoms with Crippen molar-refractivity contribution in [3.8, 4) is 0 Å². The first-order valence-electron chi connectivity index (χ1n) is 5.42. The molecular formula is C10H17N3O2. The average Bonchev–Trinajstić information content (AvgIpc) is 2.99. The lowest BCUT2D eigenvalue weighted by atomic mass is 10.2. The van der Waals surface area contributed by atoms with Crippen LogP contribution in [0.4, 0.5) is 5.95 Å². The Morgan fingerprint density at radius 2 is 2.33 bits per heavy atom. The predicted octanol–water partition coefficient (Wildman–Crippen LogP) is 0.839. The molecule has 0 spiro atoms. The summed E-state index contributed by atoms with van der Waals surface area (Å²) in [5.41, 5.74) is 0. The normalized spacial score (nSPS) is 17.8. The van der Waals surface area contributed by atoms with Gasteiger partial charge in [0.25, 0.3) is 5.95 Å². The number of hydrogen-bond donors (Lipinski definition) is 1. The third-order valence-corrected chi connectivity index (χ3v) is 2.82. The van der Waals surface area contributed by atoms with Gasteiger partial charge in [-0.25, -0.2) is 0 Å². The van der Waals surface area contributed by atoms with Gasteiger partial charge in [0.05, 0.1) is 12.5 Å². The van der Waals surface area contributed by atoms with E-state index in [-0.39, 0.29) is 6.10 Å². The molecule has 0 amide bonds. The largest absolute Gasteiger partial charge is 0.392 e. The maximum atomic E-state index is 9.71. The van der Waals surface area contributed by atoms with Gasteiger partial charge in [0, 0.05) is 13.6 Å². The number of aliphatic hydroxyl groups is 1. The first kappa shape index (κ1) is 10.4. The monoisotopic (exact) mass is 211 g/mol. The van der Waals surface area contributed by atoms with Crippen molar-refractivity contribution in [2.45, 2.75) is 32.3 Å². The second kappa shape index (κ2) is 4.18. The van der Waals surface area contributed by atoms with Crippen LogP contribution in [0, 0.1) is 5.92 Å². The number of aliphatic hydroxyl groups excluding tert-OH is 1. The van der Waals surface area contributed by atoms with E-state index >= 15 is 0 Å². The first-order valence-corrected chi connectivity index (χ1v) is 5.42. The van der Waals surface area contributed by atoms with E-state index in [9.17, 15) is 5.11 Å². The summed E-state index contributed by atoms with van der Waals surface area (Å²) in [5.74, 6) is 1.57. The van der Waals surface area contributed by atoms with Crippen LogP contribution in [0.3, 0.4) is 0 Å². The van der Waals surface area contributed by atoms with Gasteiger partial charge in [-0.3, -0.25) is 0 Å². The molecule has 0 bridgehead atoms. The minimum atomic E-state index is -0.315. The van der Waals surface area contributed by atoms with Gasteiger partial charge in [0.1, 0.15) is 0 Å². The summed E-state index contributed by atoms with van der Waals surface area (Å²) in [6.45, 7) is 2.86. The van der Waals surface area contributed by atoms with Crippen molar-refractivity contribution in [3.05, 3.63) is 5.89 Å². The number of anilines is 1. The fraction of sp³-hybridized carbons (Fsp3) is 0.800. The zero-order valence-electron chi connectivity index (χ0n) is 9.18. The van der Waals surface area contributed by atoms with E-state index in [0.29, 0.717) is 24.2 Å².